The van der Waals surface area contributed by atoms with Gasteiger partial charge in [-0.15, -0.1) is 24.0 Å². The van der Waals surface area contributed by atoms with E-state index in [4.69, 9.17) is 4.74 Å². The zero-order valence-electron chi connectivity index (χ0n) is 17.1. The van der Waals surface area contributed by atoms with E-state index in [-0.39, 0.29) is 42.5 Å². The Bertz CT molecular complexity index is 726. The third-order valence-electron chi connectivity index (χ3n) is 4.03. The molecule has 7 heteroatoms. The number of hydrogen-bond acceptors (Lipinski definition) is 3. The van der Waals surface area contributed by atoms with Gasteiger partial charge in [-0.1, -0.05) is 48.5 Å². The van der Waals surface area contributed by atoms with Crippen LogP contribution < -0.4 is 16.0 Å². The Balaban J connectivity index is 0.00000420. The molecule has 0 radical (unpaired) electrons. The number of amides is 1. The lowest BCUT2D eigenvalue weighted by molar-refractivity contribution is -0.114. The van der Waals surface area contributed by atoms with E-state index in [1.165, 1.54) is 5.56 Å². The first-order valence-corrected chi connectivity index (χ1v) is 9.72. The van der Waals surface area contributed by atoms with Gasteiger partial charge in [-0.25, -0.2) is 4.99 Å². The van der Waals surface area contributed by atoms with Crippen LogP contribution in [-0.4, -0.2) is 38.1 Å². The third kappa shape index (κ3) is 10.3. The molecule has 158 valence electrons. The molecule has 2 rings (SSSR count). The number of guanidine groups is 1. The van der Waals surface area contributed by atoms with Crippen molar-refractivity contribution in [1.82, 2.24) is 10.6 Å². The van der Waals surface area contributed by atoms with Crippen molar-refractivity contribution in [1.29, 1.82) is 0 Å². The zero-order valence-corrected chi connectivity index (χ0v) is 19.4. The SMILES string of the molecule is CCNC(=NCC(=O)Nc1ccccc1)NCCCOC(C)c1ccccc1.I. The summed E-state index contributed by atoms with van der Waals surface area (Å²) in [6.45, 7) is 6.20. The van der Waals surface area contributed by atoms with Gasteiger partial charge in [0, 0.05) is 25.4 Å². The highest BCUT2D eigenvalue weighted by atomic mass is 127. The van der Waals surface area contributed by atoms with Gasteiger partial charge in [0.2, 0.25) is 5.91 Å². The predicted molar refractivity (Wildman–Crippen MR) is 130 cm³/mol. The molecule has 3 N–H and O–H groups in total. The van der Waals surface area contributed by atoms with Crippen molar-refractivity contribution >= 4 is 41.5 Å². The first-order valence-electron chi connectivity index (χ1n) is 9.72. The summed E-state index contributed by atoms with van der Waals surface area (Å²) in [5.74, 6) is 0.477. The van der Waals surface area contributed by atoms with Crippen LogP contribution in [0.1, 0.15) is 31.9 Å². The molecule has 0 heterocycles. The van der Waals surface area contributed by atoms with Crippen LogP contribution in [-0.2, 0) is 9.53 Å². The molecular formula is C22H31IN4O2. The Hall–Kier alpha value is -2.13. The summed E-state index contributed by atoms with van der Waals surface area (Å²) in [6, 6.07) is 19.5. The van der Waals surface area contributed by atoms with Gasteiger partial charge in [0.05, 0.1) is 6.10 Å². The normalized spacial score (nSPS) is 11.9. The molecule has 1 amide bonds. The molecule has 0 fully saturated rings. The number of anilines is 1. The fraction of sp³-hybridized carbons (Fsp3) is 0.364. The molecule has 1 unspecified atom stereocenters. The van der Waals surface area contributed by atoms with Crippen molar-refractivity contribution in [3.05, 3.63) is 66.2 Å². The van der Waals surface area contributed by atoms with Crippen molar-refractivity contribution in [2.24, 2.45) is 4.99 Å². The lowest BCUT2D eigenvalue weighted by Crippen LogP contribution is -2.38. The van der Waals surface area contributed by atoms with E-state index in [1.54, 1.807) is 0 Å². The van der Waals surface area contributed by atoms with Crippen LogP contribution >= 0.6 is 24.0 Å². The van der Waals surface area contributed by atoms with Gasteiger partial charge >= 0.3 is 0 Å². The highest BCUT2D eigenvalue weighted by Gasteiger charge is 2.05. The molecule has 0 aliphatic rings. The number of aliphatic imine (C=N–C) groups is 1. The predicted octanol–water partition coefficient (Wildman–Crippen LogP) is 3.97. The van der Waals surface area contributed by atoms with E-state index < -0.39 is 0 Å². The summed E-state index contributed by atoms with van der Waals surface area (Å²) in [6.07, 6.45) is 0.919. The van der Waals surface area contributed by atoms with Crippen LogP contribution in [0.4, 0.5) is 5.69 Å². The van der Waals surface area contributed by atoms with E-state index in [2.05, 4.69) is 40.0 Å². The van der Waals surface area contributed by atoms with Crippen molar-refractivity contribution in [2.45, 2.75) is 26.4 Å². The second kappa shape index (κ2) is 14.8. The van der Waals surface area contributed by atoms with Crippen molar-refractivity contribution < 1.29 is 9.53 Å². The summed E-state index contributed by atoms with van der Waals surface area (Å²) < 4.78 is 5.87. The second-order valence-corrected chi connectivity index (χ2v) is 6.31. The minimum Gasteiger partial charge on any atom is -0.374 e. The summed E-state index contributed by atoms with van der Waals surface area (Å²) in [7, 11) is 0. The van der Waals surface area contributed by atoms with E-state index in [1.807, 2.05) is 55.5 Å². The number of nitrogens with zero attached hydrogens (tertiary/aromatic N) is 1. The Morgan fingerprint density at radius 3 is 2.34 bits per heavy atom. The lowest BCUT2D eigenvalue weighted by Gasteiger charge is -2.14. The number of hydrogen-bond donors (Lipinski definition) is 3. The van der Waals surface area contributed by atoms with Crippen LogP contribution in [0.3, 0.4) is 0 Å². The Morgan fingerprint density at radius 2 is 1.69 bits per heavy atom. The van der Waals surface area contributed by atoms with Crippen molar-refractivity contribution in [2.75, 3.05) is 31.6 Å². The molecule has 1 atom stereocenters. The molecule has 0 aliphatic carbocycles. The molecule has 0 saturated heterocycles. The van der Waals surface area contributed by atoms with Gasteiger partial charge in [-0.2, -0.15) is 0 Å². The fourth-order valence-corrected chi connectivity index (χ4v) is 2.57. The molecule has 2 aromatic carbocycles. The number of carbonyl (C=O) groups is 1. The average molecular weight is 510 g/mol. The number of rotatable bonds is 10. The summed E-state index contributed by atoms with van der Waals surface area (Å²) in [5, 5.41) is 9.20. The molecule has 0 bridgehead atoms. The highest BCUT2D eigenvalue weighted by Crippen LogP contribution is 2.15. The van der Waals surface area contributed by atoms with E-state index in [0.29, 0.717) is 19.1 Å². The van der Waals surface area contributed by atoms with E-state index >= 15 is 0 Å². The average Bonchev–Trinajstić information content (AvgIpc) is 2.73. The fourth-order valence-electron chi connectivity index (χ4n) is 2.57. The van der Waals surface area contributed by atoms with Crippen molar-refractivity contribution in [3.63, 3.8) is 0 Å². The number of nitrogens with one attached hydrogen (secondary N) is 3. The summed E-state index contributed by atoms with van der Waals surface area (Å²) in [5.41, 5.74) is 1.94. The van der Waals surface area contributed by atoms with E-state index in [9.17, 15) is 4.79 Å². The largest absolute Gasteiger partial charge is 0.374 e. The molecular weight excluding hydrogens is 479 g/mol. The molecule has 0 aromatic heterocycles. The van der Waals surface area contributed by atoms with Gasteiger partial charge in [-0.05, 0) is 38.0 Å². The Morgan fingerprint density at radius 1 is 1.03 bits per heavy atom. The van der Waals surface area contributed by atoms with E-state index in [0.717, 1.165) is 18.7 Å². The van der Waals surface area contributed by atoms with Gasteiger partial charge in [0.15, 0.2) is 5.96 Å². The smallest absolute Gasteiger partial charge is 0.246 e. The molecule has 0 aliphatic heterocycles. The maximum atomic E-state index is 12.0. The maximum absolute atomic E-state index is 12.0. The minimum absolute atomic E-state index is 0. The Kier molecular flexibility index (Phi) is 12.7. The van der Waals surface area contributed by atoms with Crippen LogP contribution in [0.15, 0.2) is 65.7 Å². The standard InChI is InChI=1S/C22H30N4O2.HI/c1-3-23-22(25-17-21(27)26-20-13-8-5-9-14-20)24-15-10-16-28-18(2)19-11-6-4-7-12-19;/h4-9,11-14,18H,3,10,15-17H2,1-2H3,(H,26,27)(H2,23,24,25);1H. The van der Waals surface area contributed by atoms with Gasteiger partial charge in [-0.3, -0.25) is 4.79 Å². The second-order valence-electron chi connectivity index (χ2n) is 6.31. The zero-order chi connectivity index (χ0) is 20.0. The monoisotopic (exact) mass is 510 g/mol. The highest BCUT2D eigenvalue weighted by molar-refractivity contribution is 14.0. The topological polar surface area (TPSA) is 74.8 Å². The number of para-hydroxylation sites is 1. The van der Waals surface area contributed by atoms with Crippen LogP contribution in [0.25, 0.3) is 0 Å². The third-order valence-corrected chi connectivity index (χ3v) is 4.03. The molecule has 2 aromatic rings. The van der Waals surface area contributed by atoms with Crippen molar-refractivity contribution in [3.8, 4) is 0 Å². The minimum atomic E-state index is -0.150. The number of ether oxygens (including phenoxy) is 1. The first-order chi connectivity index (χ1) is 13.7. The number of halogens is 1. The van der Waals surface area contributed by atoms with Gasteiger partial charge in [0.25, 0.3) is 0 Å². The van der Waals surface area contributed by atoms with Crippen LogP contribution in [0.5, 0.6) is 0 Å². The first kappa shape index (κ1) is 24.9. The maximum Gasteiger partial charge on any atom is 0.246 e. The molecule has 6 nitrogen and oxygen atoms in total. The van der Waals surface area contributed by atoms with Crippen LogP contribution in [0, 0.1) is 0 Å². The number of benzene rings is 2. The van der Waals surface area contributed by atoms with Gasteiger partial charge < -0.3 is 20.7 Å². The summed E-state index contributed by atoms with van der Waals surface area (Å²) in [4.78, 5) is 16.3. The number of carbonyl (C=O) groups excluding carboxylic acids is 1. The molecule has 0 saturated carbocycles. The molecule has 29 heavy (non-hydrogen) atoms. The summed E-state index contributed by atoms with van der Waals surface area (Å²) >= 11 is 0. The van der Waals surface area contributed by atoms with Crippen LogP contribution in [0.2, 0.25) is 0 Å². The van der Waals surface area contributed by atoms with Gasteiger partial charge in [0.1, 0.15) is 6.54 Å². The Labute approximate surface area is 190 Å². The lowest BCUT2D eigenvalue weighted by atomic mass is 10.1. The quantitative estimate of drug-likeness (QED) is 0.196. The molecule has 0 spiro atoms.